The fourth-order valence-electron chi connectivity index (χ4n) is 4.68. The fourth-order valence-corrected chi connectivity index (χ4v) is 6.60. The Morgan fingerprint density at radius 2 is 2.03 bits per heavy atom. The van der Waals surface area contributed by atoms with Crippen LogP contribution in [0.1, 0.15) is 62.2 Å². The van der Waals surface area contributed by atoms with Gasteiger partial charge in [-0.2, -0.15) is 0 Å². The molecule has 4 rings (SSSR count). The van der Waals surface area contributed by atoms with Gasteiger partial charge < -0.3 is 10.1 Å². The minimum absolute atomic E-state index is 0.0596. The van der Waals surface area contributed by atoms with Gasteiger partial charge in [-0.25, -0.2) is 13.4 Å². The highest BCUT2D eigenvalue weighted by molar-refractivity contribution is 7.91. The smallest absolute Gasteiger partial charge is 0.230 e. The van der Waals surface area contributed by atoms with Crippen molar-refractivity contribution in [2.24, 2.45) is 5.92 Å². The van der Waals surface area contributed by atoms with Gasteiger partial charge in [0.05, 0.1) is 34.9 Å². The van der Waals surface area contributed by atoms with Gasteiger partial charge in [0.15, 0.2) is 15.0 Å². The molecule has 0 aliphatic carbocycles. The van der Waals surface area contributed by atoms with Crippen molar-refractivity contribution in [2.75, 3.05) is 24.2 Å². The lowest BCUT2D eigenvalue weighted by Gasteiger charge is -2.32. The van der Waals surface area contributed by atoms with Crippen LogP contribution in [0.5, 0.6) is 0 Å². The average molecular weight is 492 g/mol. The predicted octanol–water partition coefficient (Wildman–Crippen LogP) is 4.20. The molecule has 180 valence electrons. The Bertz CT molecular complexity index is 1070. The molecular weight excluding hydrogens is 458 g/mol. The number of thiazole rings is 1. The number of anilines is 1. The normalized spacial score (nSPS) is 21.3. The quantitative estimate of drug-likeness (QED) is 0.595. The molecule has 1 unspecified atom stereocenters. The highest BCUT2D eigenvalue weighted by atomic mass is 32.2. The van der Waals surface area contributed by atoms with E-state index in [1.807, 2.05) is 0 Å². The highest BCUT2D eigenvalue weighted by Gasteiger charge is 2.37. The minimum atomic E-state index is -3.24. The lowest BCUT2D eigenvalue weighted by atomic mass is 10.0. The zero-order valence-electron chi connectivity index (χ0n) is 19.5. The number of sulfone groups is 1. The lowest BCUT2D eigenvalue weighted by Crippen LogP contribution is -2.36. The standard InChI is InChI=1S/C24H33N3O4S2/c1-4-33(29,30)19-10-8-17(9-11-19)13-21(28)25-24-26-22-20(32-24)15-27(23(22)16(2)3)14-18-7-5-6-12-31-18/h8-11,16,18,23H,4-7,12-15H2,1-3H3,(H,25,26,28)/t18-,23?/m0/s1. The van der Waals surface area contributed by atoms with E-state index in [9.17, 15) is 13.2 Å². The zero-order valence-corrected chi connectivity index (χ0v) is 21.2. The molecule has 2 aliphatic rings. The molecule has 0 bridgehead atoms. The maximum absolute atomic E-state index is 12.6. The van der Waals surface area contributed by atoms with Gasteiger partial charge in [0.1, 0.15) is 0 Å². The molecule has 1 aromatic heterocycles. The molecule has 1 N–H and O–H groups in total. The number of aromatic nitrogens is 1. The number of fused-ring (bicyclic) bond motifs is 1. The first-order valence-electron chi connectivity index (χ1n) is 11.7. The maximum atomic E-state index is 12.6. The van der Waals surface area contributed by atoms with Crippen LogP contribution in [0.4, 0.5) is 5.13 Å². The van der Waals surface area contributed by atoms with Crippen LogP contribution in [0, 0.1) is 5.92 Å². The number of amides is 1. The first-order valence-corrected chi connectivity index (χ1v) is 14.2. The van der Waals surface area contributed by atoms with E-state index >= 15 is 0 Å². The SMILES string of the molecule is CCS(=O)(=O)c1ccc(CC(=O)Nc2nc3c(s2)CN(C[C@@H]2CCCCO2)C3C(C)C)cc1. The molecule has 33 heavy (non-hydrogen) atoms. The van der Waals surface area contributed by atoms with Crippen LogP contribution < -0.4 is 5.32 Å². The van der Waals surface area contributed by atoms with Crippen molar-refractivity contribution in [1.29, 1.82) is 0 Å². The number of nitrogens with one attached hydrogen (secondary N) is 1. The molecule has 0 spiro atoms. The van der Waals surface area contributed by atoms with Crippen molar-refractivity contribution in [3.8, 4) is 0 Å². The third-order valence-corrected chi connectivity index (χ3v) is 9.09. The number of carbonyl (C=O) groups excluding carboxylic acids is 1. The minimum Gasteiger partial charge on any atom is -0.377 e. The maximum Gasteiger partial charge on any atom is 0.230 e. The summed E-state index contributed by atoms with van der Waals surface area (Å²) in [5.74, 6) is 0.324. The predicted molar refractivity (Wildman–Crippen MR) is 130 cm³/mol. The topological polar surface area (TPSA) is 88.6 Å². The van der Waals surface area contributed by atoms with Crippen molar-refractivity contribution in [3.05, 3.63) is 40.4 Å². The Morgan fingerprint density at radius 3 is 2.67 bits per heavy atom. The summed E-state index contributed by atoms with van der Waals surface area (Å²) in [5.41, 5.74) is 1.85. The number of hydrogen-bond donors (Lipinski definition) is 1. The molecule has 1 saturated heterocycles. The van der Waals surface area contributed by atoms with E-state index in [-0.39, 0.29) is 29.0 Å². The molecular formula is C24H33N3O4S2. The van der Waals surface area contributed by atoms with Crippen LogP contribution in [0.15, 0.2) is 29.2 Å². The second kappa shape index (κ2) is 10.2. The van der Waals surface area contributed by atoms with Gasteiger partial charge in [-0.1, -0.05) is 32.9 Å². The third kappa shape index (κ3) is 5.65. The summed E-state index contributed by atoms with van der Waals surface area (Å²) in [5, 5.41) is 3.57. The summed E-state index contributed by atoms with van der Waals surface area (Å²) in [7, 11) is -3.24. The summed E-state index contributed by atoms with van der Waals surface area (Å²) in [4.78, 5) is 21.4. The summed E-state index contributed by atoms with van der Waals surface area (Å²) >= 11 is 1.55. The molecule has 2 atom stereocenters. The van der Waals surface area contributed by atoms with Crippen LogP contribution in [-0.2, 0) is 32.3 Å². The summed E-state index contributed by atoms with van der Waals surface area (Å²) < 4.78 is 29.9. The summed E-state index contributed by atoms with van der Waals surface area (Å²) in [6.45, 7) is 8.69. The Labute approximate surface area is 200 Å². The summed E-state index contributed by atoms with van der Waals surface area (Å²) in [6.07, 6.45) is 3.99. The van der Waals surface area contributed by atoms with E-state index in [1.54, 1.807) is 42.5 Å². The molecule has 1 aromatic carbocycles. The zero-order chi connectivity index (χ0) is 23.6. The van der Waals surface area contributed by atoms with Gasteiger partial charge in [-0.05, 0) is 42.9 Å². The Balaban J connectivity index is 1.38. The Morgan fingerprint density at radius 1 is 1.27 bits per heavy atom. The van der Waals surface area contributed by atoms with Gasteiger partial charge >= 0.3 is 0 Å². The molecule has 1 fully saturated rings. The van der Waals surface area contributed by atoms with E-state index in [4.69, 9.17) is 9.72 Å². The molecule has 3 heterocycles. The molecule has 1 amide bonds. The largest absolute Gasteiger partial charge is 0.377 e. The monoisotopic (exact) mass is 491 g/mol. The molecule has 2 aromatic rings. The van der Waals surface area contributed by atoms with Crippen molar-refractivity contribution < 1.29 is 17.9 Å². The van der Waals surface area contributed by atoms with E-state index in [2.05, 4.69) is 24.1 Å². The van der Waals surface area contributed by atoms with Crippen molar-refractivity contribution >= 4 is 32.2 Å². The number of rotatable bonds is 8. The number of benzene rings is 1. The molecule has 2 aliphatic heterocycles. The second-order valence-electron chi connectivity index (χ2n) is 9.21. The van der Waals surface area contributed by atoms with Crippen LogP contribution >= 0.6 is 11.3 Å². The van der Waals surface area contributed by atoms with Crippen molar-refractivity contribution in [2.45, 2.75) is 70.0 Å². The lowest BCUT2D eigenvalue weighted by molar-refractivity contribution is -0.115. The van der Waals surface area contributed by atoms with Gasteiger partial charge in [0.2, 0.25) is 5.91 Å². The van der Waals surface area contributed by atoms with E-state index in [0.717, 1.165) is 43.8 Å². The number of nitrogens with zero attached hydrogens (tertiary/aromatic N) is 2. The van der Waals surface area contributed by atoms with Crippen LogP contribution in [-0.4, -0.2) is 49.2 Å². The third-order valence-electron chi connectivity index (χ3n) is 6.36. The Kier molecular flexibility index (Phi) is 7.53. The fraction of sp³-hybridized carbons (Fsp3) is 0.583. The van der Waals surface area contributed by atoms with E-state index < -0.39 is 9.84 Å². The molecule has 0 saturated carbocycles. The van der Waals surface area contributed by atoms with Gasteiger partial charge in [-0.15, -0.1) is 11.3 Å². The number of hydrogen-bond acceptors (Lipinski definition) is 7. The van der Waals surface area contributed by atoms with Crippen molar-refractivity contribution in [1.82, 2.24) is 9.88 Å². The van der Waals surface area contributed by atoms with E-state index in [0.29, 0.717) is 17.2 Å². The molecule has 7 nitrogen and oxygen atoms in total. The number of carbonyl (C=O) groups is 1. The average Bonchev–Trinajstić information content (AvgIpc) is 3.31. The molecule has 0 radical (unpaired) electrons. The van der Waals surface area contributed by atoms with Crippen LogP contribution in [0.3, 0.4) is 0 Å². The van der Waals surface area contributed by atoms with E-state index in [1.165, 1.54) is 11.3 Å². The first kappa shape index (κ1) is 24.3. The Hall–Kier alpha value is -1.81. The van der Waals surface area contributed by atoms with Gasteiger partial charge in [0, 0.05) is 24.6 Å². The molecule has 9 heteroatoms. The van der Waals surface area contributed by atoms with Crippen LogP contribution in [0.25, 0.3) is 0 Å². The highest BCUT2D eigenvalue weighted by Crippen LogP contribution is 2.42. The van der Waals surface area contributed by atoms with Crippen LogP contribution in [0.2, 0.25) is 0 Å². The van der Waals surface area contributed by atoms with Gasteiger partial charge in [-0.3, -0.25) is 9.69 Å². The van der Waals surface area contributed by atoms with Crippen molar-refractivity contribution in [3.63, 3.8) is 0 Å². The number of ether oxygens (including phenoxy) is 1. The second-order valence-corrected chi connectivity index (χ2v) is 12.6. The first-order chi connectivity index (χ1) is 15.8. The summed E-state index contributed by atoms with van der Waals surface area (Å²) in [6, 6.07) is 6.77. The van der Waals surface area contributed by atoms with Gasteiger partial charge in [0.25, 0.3) is 0 Å².